The lowest BCUT2D eigenvalue weighted by molar-refractivity contribution is -0.0561. The molecule has 24 heteroatoms. The minimum atomic E-state index is -4.26. The minimum absolute atomic E-state index is 0.101. The van der Waals surface area contributed by atoms with Crippen molar-refractivity contribution in [3.63, 3.8) is 0 Å². The van der Waals surface area contributed by atoms with Gasteiger partial charge in [0, 0.05) is 0 Å². The van der Waals surface area contributed by atoms with Crippen LogP contribution >= 0.6 is 38.1 Å². The number of hydrogen-bond acceptors (Lipinski definition) is 18. The molecule has 0 amide bonds. The summed E-state index contributed by atoms with van der Waals surface area (Å²) >= 11 is 8.16. The van der Waals surface area contributed by atoms with Gasteiger partial charge in [-0.05, 0) is 0 Å². The van der Waals surface area contributed by atoms with E-state index in [-0.39, 0.29) is 34.0 Å². The van der Waals surface area contributed by atoms with Crippen LogP contribution in [0.2, 0.25) is 0 Å². The Kier molecular flexibility index (Phi) is 7.63. The molecule has 0 spiro atoms. The summed E-state index contributed by atoms with van der Waals surface area (Å²) in [6.07, 6.45) is -5.50. The van der Waals surface area contributed by atoms with Crippen LogP contribution in [0.1, 0.15) is 12.5 Å². The molecular weight excluding hydrogens is 666 g/mol. The Hall–Kier alpha value is -2.46. The predicted molar refractivity (Wildman–Crippen MR) is 154 cm³/mol. The number of fused-ring (bicyclic) bond motifs is 4. The fraction of sp³-hybridized carbons (Fsp3) is 0.500. The number of rotatable bonds is 2. The first-order chi connectivity index (χ1) is 20.9. The van der Waals surface area contributed by atoms with Gasteiger partial charge in [0.05, 0.1) is 25.9 Å². The molecule has 0 radical (unpaired) electrons. The molecule has 20 nitrogen and oxygen atoms in total. The number of anilines is 2. The molecule has 4 aromatic rings. The molecule has 0 aliphatic carbocycles. The van der Waals surface area contributed by atoms with Crippen LogP contribution < -0.4 is 11.5 Å². The molecule has 3 aliphatic heterocycles. The second kappa shape index (κ2) is 11.1. The van der Waals surface area contributed by atoms with E-state index in [2.05, 4.69) is 54.4 Å². The number of aliphatic hydroxyl groups is 2. The highest BCUT2D eigenvalue weighted by molar-refractivity contribution is 8.44. The highest BCUT2D eigenvalue weighted by Gasteiger charge is 2.53. The summed E-state index contributed by atoms with van der Waals surface area (Å²) in [4.78, 5) is 24.4. The standard InChI is InChI=1S/C20H24N10O10P2S2/c21-15-9-17(25-3-23-15)29(5-27-9)19-11(31)13-7(37-19)1-35-41(33,43)40-14-8(2-36-42(34,44)39-13)38-20(12(14)32)30-6-28-10-16(22)24-4-26-18(10)30/h3-8,11-14,19-20,31-32H,1-2H2,(H,33,43)(H,34,44)(H2,21,23,25)(H2,22,24,26)/t7-,8?,11+,12?,13?,14+,19-,20?,41-,42-/m1/s1. The normalized spacial score (nSPS) is 38.3. The van der Waals surface area contributed by atoms with Gasteiger partial charge < -0.3 is 31.2 Å². The molecule has 3 fully saturated rings. The maximum Gasteiger partial charge on any atom is 0.386 e. The molecule has 0 bridgehead atoms. The van der Waals surface area contributed by atoms with Gasteiger partial charge in [-0.15, -0.1) is 0 Å². The average molecular weight is 691 g/mol. The highest BCUT2D eigenvalue weighted by atomic mass is 32.7. The topological polar surface area (TPSA) is 269 Å². The SMILES string of the molecule is Nc1ncnc2c1ncn2C1OC2CO[P@@](=O)(S)OC3[C@@H](CO[P@@](=O)(S)O[C@@H]2C1O)O[C@@H](n1cnc2c(N)ncnc21)[C@H]3O. The van der Waals surface area contributed by atoms with E-state index in [1.807, 2.05) is 0 Å². The van der Waals surface area contributed by atoms with Gasteiger partial charge in [-0.3, -0.25) is 27.2 Å². The number of nitrogens with two attached hydrogens (primary N) is 2. The maximum absolute atomic E-state index is 13.4. The summed E-state index contributed by atoms with van der Waals surface area (Å²) in [6.45, 7) is -9.59. The summed E-state index contributed by atoms with van der Waals surface area (Å²) in [5.74, 6) is 0.203. The molecule has 4 unspecified atom stereocenters. The molecule has 3 saturated heterocycles. The minimum Gasteiger partial charge on any atom is -0.386 e. The van der Waals surface area contributed by atoms with E-state index < -0.39 is 75.9 Å². The van der Waals surface area contributed by atoms with Crippen molar-refractivity contribution in [1.82, 2.24) is 39.0 Å². The van der Waals surface area contributed by atoms with Crippen LogP contribution in [0.25, 0.3) is 22.3 Å². The number of nitrogen functional groups attached to an aromatic ring is 2. The van der Waals surface area contributed by atoms with Gasteiger partial charge in [0.25, 0.3) is 0 Å². The third kappa shape index (κ3) is 5.27. The summed E-state index contributed by atoms with van der Waals surface area (Å²) in [5, 5.41) is 22.5. The molecule has 3 aliphatic rings. The van der Waals surface area contributed by atoms with Crippen molar-refractivity contribution in [1.29, 1.82) is 0 Å². The number of aliphatic hydroxyl groups excluding tert-OH is 2. The zero-order valence-electron chi connectivity index (χ0n) is 22.0. The third-order valence-electron chi connectivity index (χ3n) is 7.26. The van der Waals surface area contributed by atoms with Crippen molar-refractivity contribution in [3.05, 3.63) is 25.3 Å². The number of thiol groups is 2. The second-order valence-electron chi connectivity index (χ2n) is 9.95. The van der Waals surface area contributed by atoms with Gasteiger partial charge in [-0.25, -0.2) is 39.0 Å². The zero-order chi connectivity index (χ0) is 31.0. The fourth-order valence-corrected chi connectivity index (χ4v) is 8.23. The largest absolute Gasteiger partial charge is 0.386 e. The molecule has 6 N–H and O–H groups in total. The highest BCUT2D eigenvalue weighted by Crippen LogP contribution is 2.60. The first-order valence-corrected chi connectivity index (χ1v) is 18.2. The van der Waals surface area contributed by atoms with Gasteiger partial charge in [-0.2, -0.15) is 0 Å². The average Bonchev–Trinajstić information content (AvgIpc) is 3.73. The van der Waals surface area contributed by atoms with Crippen LogP contribution in [0.3, 0.4) is 0 Å². The Morgan fingerprint density at radius 3 is 1.55 bits per heavy atom. The molecule has 44 heavy (non-hydrogen) atoms. The number of imidazole rings is 2. The Labute approximate surface area is 256 Å². The van der Waals surface area contributed by atoms with E-state index in [9.17, 15) is 19.3 Å². The van der Waals surface area contributed by atoms with Crippen LogP contribution in [0.15, 0.2) is 25.3 Å². The van der Waals surface area contributed by atoms with Gasteiger partial charge in [0.1, 0.15) is 60.3 Å². The van der Waals surface area contributed by atoms with Crippen LogP contribution in [-0.2, 0) is 36.7 Å². The second-order valence-corrected chi connectivity index (χ2v) is 15.7. The summed E-state index contributed by atoms with van der Waals surface area (Å²) in [7, 11) is 0. The zero-order valence-corrected chi connectivity index (χ0v) is 25.6. The molecule has 7 rings (SSSR count). The quantitative estimate of drug-likeness (QED) is 0.121. The predicted octanol–water partition coefficient (Wildman–Crippen LogP) is 0.240. The van der Waals surface area contributed by atoms with Gasteiger partial charge >= 0.3 is 13.6 Å². The lowest BCUT2D eigenvalue weighted by atomic mass is 10.1. The van der Waals surface area contributed by atoms with Crippen LogP contribution in [0, 0.1) is 0 Å². The summed E-state index contributed by atoms with van der Waals surface area (Å²) < 4.78 is 63.9. The monoisotopic (exact) mass is 690 g/mol. The van der Waals surface area contributed by atoms with E-state index in [0.29, 0.717) is 0 Å². The molecular formula is C20H24N10O10P2S2. The van der Waals surface area contributed by atoms with Gasteiger partial charge in [-0.1, -0.05) is 24.5 Å². The number of ether oxygens (including phenoxy) is 2. The molecule has 10 atom stereocenters. The van der Waals surface area contributed by atoms with E-state index in [0.717, 1.165) is 0 Å². The van der Waals surface area contributed by atoms with Gasteiger partial charge in [0.15, 0.2) is 35.4 Å². The van der Waals surface area contributed by atoms with E-state index >= 15 is 0 Å². The lowest BCUT2D eigenvalue weighted by Gasteiger charge is -2.28. The lowest BCUT2D eigenvalue weighted by Crippen LogP contribution is -2.38. The van der Waals surface area contributed by atoms with Crippen molar-refractivity contribution < 1.29 is 46.9 Å². The number of nitrogens with zero attached hydrogens (tertiary/aromatic N) is 8. The fourth-order valence-electron chi connectivity index (χ4n) is 5.24. The van der Waals surface area contributed by atoms with Gasteiger partial charge in [0.2, 0.25) is 0 Å². The Bertz CT molecular complexity index is 1700. The Morgan fingerprint density at radius 1 is 0.727 bits per heavy atom. The third-order valence-corrected chi connectivity index (χ3v) is 10.5. The molecule has 7 heterocycles. The van der Waals surface area contributed by atoms with E-state index in [4.69, 9.17) is 39.0 Å². The summed E-state index contributed by atoms with van der Waals surface area (Å²) in [6, 6.07) is 0. The maximum atomic E-state index is 13.4. The van der Waals surface area contributed by atoms with Crippen LogP contribution in [0.4, 0.5) is 11.6 Å². The van der Waals surface area contributed by atoms with Crippen molar-refractivity contribution in [3.8, 4) is 0 Å². The van der Waals surface area contributed by atoms with Crippen LogP contribution in [0.5, 0.6) is 0 Å². The van der Waals surface area contributed by atoms with Crippen molar-refractivity contribution >= 4 is 72.1 Å². The van der Waals surface area contributed by atoms with Crippen molar-refractivity contribution in [2.75, 3.05) is 24.7 Å². The van der Waals surface area contributed by atoms with Crippen molar-refractivity contribution in [2.24, 2.45) is 0 Å². The Balaban J connectivity index is 1.17. The smallest absolute Gasteiger partial charge is 0.386 e. The molecule has 0 aromatic carbocycles. The first kappa shape index (κ1) is 30.2. The molecule has 236 valence electrons. The van der Waals surface area contributed by atoms with E-state index in [1.165, 1.54) is 34.4 Å². The number of hydrogen-bond donors (Lipinski definition) is 6. The van der Waals surface area contributed by atoms with Crippen LogP contribution in [-0.4, -0.2) is 99.1 Å². The van der Waals surface area contributed by atoms with E-state index in [1.54, 1.807) is 0 Å². The molecule has 0 saturated carbocycles. The summed E-state index contributed by atoms with van der Waals surface area (Å²) in [5.41, 5.74) is 12.7. The number of aromatic nitrogens is 8. The van der Waals surface area contributed by atoms with Crippen molar-refractivity contribution in [2.45, 2.75) is 49.1 Å². The first-order valence-electron chi connectivity index (χ1n) is 12.8. The Morgan fingerprint density at radius 2 is 1.14 bits per heavy atom. The molecule has 4 aromatic heterocycles.